The Hall–Kier alpha value is -2.62. The first-order chi connectivity index (χ1) is 8.90. The van der Waals surface area contributed by atoms with Crippen LogP contribution in [0.2, 0.25) is 0 Å². The Morgan fingerprint density at radius 2 is 1.74 bits per heavy atom. The Bertz CT molecular complexity index is 702. The van der Waals surface area contributed by atoms with E-state index in [0.717, 1.165) is 6.07 Å². The van der Waals surface area contributed by atoms with E-state index in [1.807, 2.05) is 0 Å². The molecule has 0 aliphatic carbocycles. The summed E-state index contributed by atoms with van der Waals surface area (Å²) in [4.78, 5) is 20.2. The summed E-state index contributed by atoms with van der Waals surface area (Å²) in [5, 5.41) is 27.9. The van der Waals surface area contributed by atoms with Gasteiger partial charge in [0.05, 0.1) is 15.9 Å². The number of nitro benzene ring substituents is 2. The van der Waals surface area contributed by atoms with Crippen molar-refractivity contribution in [2.24, 2.45) is 7.05 Å². The molecule has 0 radical (unpaired) electrons. The fourth-order valence-corrected chi connectivity index (χ4v) is 1.67. The first-order valence-corrected chi connectivity index (χ1v) is 5.36. The van der Waals surface area contributed by atoms with E-state index in [2.05, 4.69) is 10.2 Å². The average molecular weight is 281 g/mol. The van der Waals surface area contributed by atoms with E-state index in [1.165, 1.54) is 16.7 Å². The van der Waals surface area contributed by atoms with Gasteiger partial charge < -0.3 is 4.57 Å². The molecular weight excluding hydrogens is 274 g/mol. The maximum absolute atomic E-state index is 10.8. The lowest BCUT2D eigenvalue weighted by Gasteiger charge is -2.01. The average Bonchev–Trinajstić information content (AvgIpc) is 2.69. The van der Waals surface area contributed by atoms with Crippen LogP contribution in [0.5, 0.6) is 0 Å². The number of H-pyrrole nitrogens is 1. The van der Waals surface area contributed by atoms with Crippen LogP contribution < -0.4 is 0 Å². The summed E-state index contributed by atoms with van der Waals surface area (Å²) in [5.41, 5.74) is -0.507. The number of aromatic amines is 1. The van der Waals surface area contributed by atoms with Crippen molar-refractivity contribution >= 4 is 23.6 Å². The summed E-state index contributed by atoms with van der Waals surface area (Å²) >= 11 is 4.92. The maximum atomic E-state index is 10.8. The van der Waals surface area contributed by atoms with Crippen LogP contribution in [-0.4, -0.2) is 24.6 Å². The first kappa shape index (κ1) is 12.8. The quantitative estimate of drug-likeness (QED) is 0.521. The third-order valence-electron chi connectivity index (χ3n) is 2.46. The standard InChI is InChI=1S/C9H7N5O4S/c1-12-8(10-11-9(12)19)5-2-6(13(15)16)4-7(3-5)14(17)18/h2-4H,1H3,(H,11,19). The molecule has 0 saturated carbocycles. The SMILES string of the molecule is Cn1c(-c2cc([N+](=O)[O-])cc([N+](=O)[O-])c2)n[nH]c1=S. The van der Waals surface area contributed by atoms with E-state index in [9.17, 15) is 20.2 Å². The third-order valence-corrected chi connectivity index (χ3v) is 2.83. The number of aromatic nitrogens is 3. The molecule has 1 aromatic carbocycles. The Morgan fingerprint density at radius 3 is 2.11 bits per heavy atom. The van der Waals surface area contributed by atoms with Gasteiger partial charge in [-0.15, -0.1) is 0 Å². The molecule has 1 heterocycles. The van der Waals surface area contributed by atoms with Crippen LogP contribution in [0.4, 0.5) is 11.4 Å². The molecular formula is C9H7N5O4S. The van der Waals surface area contributed by atoms with Crippen LogP contribution in [0.3, 0.4) is 0 Å². The number of non-ortho nitro benzene ring substituents is 2. The lowest BCUT2D eigenvalue weighted by molar-refractivity contribution is -0.394. The fraction of sp³-hybridized carbons (Fsp3) is 0.111. The van der Waals surface area contributed by atoms with E-state index < -0.39 is 9.85 Å². The monoisotopic (exact) mass is 281 g/mol. The van der Waals surface area contributed by atoms with Gasteiger partial charge in [-0.2, -0.15) is 5.10 Å². The van der Waals surface area contributed by atoms with E-state index >= 15 is 0 Å². The van der Waals surface area contributed by atoms with E-state index in [0.29, 0.717) is 4.77 Å². The van der Waals surface area contributed by atoms with E-state index in [1.54, 1.807) is 7.05 Å². The molecule has 0 unspecified atom stereocenters. The van der Waals surface area contributed by atoms with Crippen molar-refractivity contribution in [3.63, 3.8) is 0 Å². The van der Waals surface area contributed by atoms with Crippen molar-refractivity contribution in [3.05, 3.63) is 43.2 Å². The largest absolute Gasteiger partial charge is 0.303 e. The summed E-state index contributed by atoms with van der Waals surface area (Å²) in [6.07, 6.45) is 0. The topological polar surface area (TPSA) is 120 Å². The number of nitrogens with one attached hydrogen (secondary N) is 1. The minimum atomic E-state index is -0.697. The predicted octanol–water partition coefficient (Wildman–Crippen LogP) is 1.96. The van der Waals surface area contributed by atoms with Gasteiger partial charge in [-0.3, -0.25) is 25.3 Å². The fourth-order valence-electron chi connectivity index (χ4n) is 1.54. The number of rotatable bonds is 3. The van der Waals surface area contributed by atoms with Crippen LogP contribution in [0, 0.1) is 25.0 Å². The van der Waals surface area contributed by atoms with Crippen molar-refractivity contribution in [1.82, 2.24) is 14.8 Å². The number of nitrogens with zero attached hydrogens (tertiary/aromatic N) is 4. The maximum Gasteiger partial charge on any atom is 0.277 e. The van der Waals surface area contributed by atoms with Crippen molar-refractivity contribution in [2.75, 3.05) is 0 Å². The third kappa shape index (κ3) is 2.33. The van der Waals surface area contributed by atoms with Gasteiger partial charge in [0.15, 0.2) is 10.6 Å². The van der Waals surface area contributed by atoms with Crippen LogP contribution in [0.1, 0.15) is 0 Å². The van der Waals surface area contributed by atoms with E-state index in [-0.39, 0.29) is 22.8 Å². The minimum Gasteiger partial charge on any atom is -0.303 e. The van der Waals surface area contributed by atoms with Gasteiger partial charge in [0.2, 0.25) is 0 Å². The Morgan fingerprint density at radius 1 is 1.21 bits per heavy atom. The zero-order valence-electron chi connectivity index (χ0n) is 9.56. The summed E-state index contributed by atoms with van der Waals surface area (Å²) in [6, 6.07) is 3.31. The Kier molecular flexibility index (Phi) is 3.09. The molecule has 1 aromatic heterocycles. The van der Waals surface area contributed by atoms with Gasteiger partial charge in [-0.1, -0.05) is 0 Å². The Balaban J connectivity index is 2.69. The van der Waals surface area contributed by atoms with Crippen LogP contribution in [-0.2, 0) is 7.05 Å². The van der Waals surface area contributed by atoms with Gasteiger partial charge >= 0.3 is 0 Å². The normalized spacial score (nSPS) is 10.4. The van der Waals surface area contributed by atoms with E-state index in [4.69, 9.17) is 12.2 Å². The summed E-state index contributed by atoms with van der Waals surface area (Å²) in [5.74, 6) is 0.289. The molecule has 0 aliphatic rings. The summed E-state index contributed by atoms with van der Waals surface area (Å²) in [7, 11) is 1.60. The summed E-state index contributed by atoms with van der Waals surface area (Å²) in [6.45, 7) is 0. The van der Waals surface area contributed by atoms with Gasteiger partial charge in [-0.25, -0.2) is 0 Å². The number of hydrogen-bond acceptors (Lipinski definition) is 6. The zero-order chi connectivity index (χ0) is 14.2. The molecule has 19 heavy (non-hydrogen) atoms. The molecule has 0 amide bonds. The second-order valence-corrected chi connectivity index (χ2v) is 4.05. The number of benzene rings is 1. The minimum absolute atomic E-state index is 0.246. The van der Waals surface area contributed by atoms with Gasteiger partial charge in [0.25, 0.3) is 11.4 Å². The molecule has 98 valence electrons. The molecule has 0 bridgehead atoms. The van der Waals surface area contributed by atoms with Crippen molar-refractivity contribution in [1.29, 1.82) is 0 Å². The highest BCUT2D eigenvalue weighted by Gasteiger charge is 2.19. The highest BCUT2D eigenvalue weighted by atomic mass is 32.1. The highest BCUT2D eigenvalue weighted by molar-refractivity contribution is 7.71. The molecule has 9 nitrogen and oxygen atoms in total. The zero-order valence-corrected chi connectivity index (χ0v) is 10.4. The molecule has 0 fully saturated rings. The van der Waals surface area contributed by atoms with Crippen molar-refractivity contribution in [2.45, 2.75) is 0 Å². The lowest BCUT2D eigenvalue weighted by atomic mass is 10.1. The second kappa shape index (κ2) is 4.57. The van der Waals surface area contributed by atoms with Gasteiger partial charge in [0.1, 0.15) is 0 Å². The number of hydrogen-bond donors (Lipinski definition) is 1. The number of nitro groups is 2. The summed E-state index contributed by atoms with van der Waals surface area (Å²) < 4.78 is 1.78. The van der Waals surface area contributed by atoms with Crippen molar-refractivity contribution < 1.29 is 9.85 Å². The van der Waals surface area contributed by atoms with Gasteiger partial charge in [-0.05, 0) is 12.2 Å². The smallest absolute Gasteiger partial charge is 0.277 e. The van der Waals surface area contributed by atoms with Crippen LogP contribution >= 0.6 is 12.2 Å². The molecule has 1 N–H and O–H groups in total. The van der Waals surface area contributed by atoms with Crippen LogP contribution in [0.25, 0.3) is 11.4 Å². The second-order valence-electron chi connectivity index (χ2n) is 3.66. The highest BCUT2D eigenvalue weighted by Crippen LogP contribution is 2.28. The lowest BCUT2D eigenvalue weighted by Crippen LogP contribution is -1.97. The Labute approximate surface area is 110 Å². The molecule has 2 aromatic rings. The molecule has 0 atom stereocenters. The predicted molar refractivity (Wildman–Crippen MR) is 67.1 cm³/mol. The van der Waals surface area contributed by atoms with Crippen LogP contribution in [0.15, 0.2) is 18.2 Å². The van der Waals surface area contributed by atoms with Crippen molar-refractivity contribution in [3.8, 4) is 11.4 Å². The molecule has 0 spiro atoms. The first-order valence-electron chi connectivity index (χ1n) is 4.96. The molecule has 0 aliphatic heterocycles. The van der Waals surface area contributed by atoms with Gasteiger partial charge in [0, 0.05) is 24.7 Å². The molecule has 10 heteroatoms. The molecule has 2 rings (SSSR count). The molecule has 0 saturated heterocycles.